The lowest BCUT2D eigenvalue weighted by Crippen LogP contribution is -2.52. The summed E-state index contributed by atoms with van der Waals surface area (Å²) < 4.78 is 7.33. The number of piperazine rings is 1. The van der Waals surface area contributed by atoms with E-state index in [1.807, 2.05) is 24.3 Å². The molecule has 38 heavy (non-hydrogen) atoms. The predicted octanol–water partition coefficient (Wildman–Crippen LogP) is 4.07. The van der Waals surface area contributed by atoms with Crippen LogP contribution in [0.1, 0.15) is 36.9 Å². The monoisotopic (exact) mass is 578 g/mol. The van der Waals surface area contributed by atoms with E-state index in [0.29, 0.717) is 37.3 Å². The maximum Gasteiger partial charge on any atom is 0.318 e. The highest BCUT2D eigenvalue weighted by Crippen LogP contribution is 2.40. The van der Waals surface area contributed by atoms with E-state index in [0.717, 1.165) is 71.5 Å². The van der Waals surface area contributed by atoms with Gasteiger partial charge in [0.15, 0.2) is 0 Å². The summed E-state index contributed by atoms with van der Waals surface area (Å²) in [7, 11) is 2.17. The van der Waals surface area contributed by atoms with Gasteiger partial charge in [-0.2, -0.15) is 9.97 Å². The number of nitrogens with one attached hydrogen (secondary N) is 1. The lowest BCUT2D eigenvalue weighted by Gasteiger charge is -2.37. The van der Waals surface area contributed by atoms with Crippen LogP contribution < -0.4 is 19.9 Å². The molecule has 2 unspecified atom stereocenters. The first-order chi connectivity index (χ1) is 18.5. The normalized spacial score (nSPS) is 25.3. The number of nitrogens with zero attached hydrogens (tertiary/aromatic N) is 5. The summed E-state index contributed by atoms with van der Waals surface area (Å²) in [5.41, 5.74) is 3.30. The Morgan fingerprint density at radius 1 is 1.08 bits per heavy atom. The van der Waals surface area contributed by atoms with E-state index in [1.165, 1.54) is 24.8 Å². The molecular formula is C29H35BrN6O2. The zero-order valence-corrected chi connectivity index (χ0v) is 23.5. The Balaban J connectivity index is 1.24. The number of phenolic OH excluding ortho intramolecular Hbond substituents is 1. The van der Waals surface area contributed by atoms with Crippen LogP contribution in [0.3, 0.4) is 0 Å². The van der Waals surface area contributed by atoms with E-state index in [9.17, 15) is 5.11 Å². The quantitative estimate of drug-likeness (QED) is 0.469. The van der Waals surface area contributed by atoms with E-state index in [-0.39, 0.29) is 5.75 Å². The summed E-state index contributed by atoms with van der Waals surface area (Å²) in [4.78, 5) is 17.2. The first-order valence-electron chi connectivity index (χ1n) is 13.9. The molecule has 3 aromatic rings. The minimum absolute atomic E-state index is 0.278. The Morgan fingerprint density at radius 2 is 1.92 bits per heavy atom. The maximum atomic E-state index is 10.5. The van der Waals surface area contributed by atoms with Crippen molar-refractivity contribution in [3.63, 3.8) is 0 Å². The maximum absolute atomic E-state index is 10.5. The highest BCUT2D eigenvalue weighted by molar-refractivity contribution is 9.10. The lowest BCUT2D eigenvalue weighted by atomic mass is 10.0. The zero-order valence-electron chi connectivity index (χ0n) is 21.9. The Labute approximate surface area is 232 Å². The van der Waals surface area contributed by atoms with Gasteiger partial charge in [0.05, 0.1) is 12.2 Å². The molecular weight excluding hydrogens is 544 g/mol. The number of aromatic hydroxyl groups is 1. The molecule has 0 amide bonds. The van der Waals surface area contributed by atoms with Gasteiger partial charge in [-0.05, 0) is 63.2 Å². The van der Waals surface area contributed by atoms with Gasteiger partial charge in [-0.3, -0.25) is 0 Å². The molecule has 0 saturated carbocycles. The minimum atomic E-state index is 0.278. The number of rotatable bonds is 5. The molecule has 3 fully saturated rings. The van der Waals surface area contributed by atoms with Crippen LogP contribution in [0.4, 0.5) is 11.5 Å². The molecule has 4 aliphatic rings. The molecule has 200 valence electrons. The number of halogens is 1. The summed E-state index contributed by atoms with van der Waals surface area (Å²) in [5, 5.41) is 16.4. The van der Waals surface area contributed by atoms with Crippen molar-refractivity contribution in [3.8, 4) is 11.8 Å². The molecule has 4 aliphatic heterocycles. The van der Waals surface area contributed by atoms with Crippen molar-refractivity contribution in [2.24, 2.45) is 0 Å². The van der Waals surface area contributed by atoms with E-state index in [2.05, 4.69) is 49.1 Å². The smallest absolute Gasteiger partial charge is 0.318 e. The standard InChI is InChI=1S/C29H35BrN6O2/c1-34-10-3-5-21(34)17-38-29-32-25-16-35(26-13-22(37)12-18-4-2-6-24(30)27(18)26)11-9-23(25)28(33-29)36-14-19-7-8-20(15-36)31-19/h2,4,6,12-13,19-21,31,37H,3,5,7-11,14-17H2,1H3/t19?,20?,21-/m0/s1. The van der Waals surface area contributed by atoms with Gasteiger partial charge >= 0.3 is 6.01 Å². The van der Waals surface area contributed by atoms with Crippen LogP contribution >= 0.6 is 15.9 Å². The van der Waals surface area contributed by atoms with E-state index < -0.39 is 0 Å². The molecule has 0 spiro atoms. The first-order valence-corrected chi connectivity index (χ1v) is 14.7. The number of ether oxygens (including phenoxy) is 1. The second-order valence-electron chi connectivity index (χ2n) is 11.4. The third-order valence-corrected chi connectivity index (χ3v) is 9.51. The molecule has 2 aromatic carbocycles. The summed E-state index contributed by atoms with van der Waals surface area (Å²) in [6.45, 7) is 5.21. The number of anilines is 2. The molecule has 3 saturated heterocycles. The second-order valence-corrected chi connectivity index (χ2v) is 12.2. The number of benzene rings is 2. The fraction of sp³-hybridized carbons (Fsp3) is 0.517. The van der Waals surface area contributed by atoms with Gasteiger partial charge in [0.25, 0.3) is 0 Å². The lowest BCUT2D eigenvalue weighted by molar-refractivity contribution is 0.187. The largest absolute Gasteiger partial charge is 0.508 e. The van der Waals surface area contributed by atoms with Crippen LogP contribution in [0.25, 0.3) is 10.8 Å². The SMILES string of the molecule is CN1CCC[C@H]1COc1nc2c(c(N3CC4CCC(C3)N4)n1)CCN(c1cc(O)cc3cccc(Br)c13)C2. The highest BCUT2D eigenvalue weighted by Gasteiger charge is 2.35. The Hall–Kier alpha value is -2.62. The van der Waals surface area contributed by atoms with Gasteiger partial charge in [-0.15, -0.1) is 0 Å². The average molecular weight is 580 g/mol. The second kappa shape index (κ2) is 9.84. The van der Waals surface area contributed by atoms with Crippen molar-refractivity contribution < 1.29 is 9.84 Å². The van der Waals surface area contributed by atoms with Gasteiger partial charge in [-0.25, -0.2) is 0 Å². The molecule has 8 nitrogen and oxygen atoms in total. The highest BCUT2D eigenvalue weighted by atomic mass is 79.9. The summed E-state index contributed by atoms with van der Waals surface area (Å²) in [6.07, 6.45) is 5.70. The van der Waals surface area contributed by atoms with Gasteiger partial charge in [0, 0.05) is 64.9 Å². The van der Waals surface area contributed by atoms with Gasteiger partial charge in [-0.1, -0.05) is 28.1 Å². The molecule has 7 rings (SSSR count). The Bertz CT molecular complexity index is 1360. The van der Waals surface area contributed by atoms with Crippen LogP contribution in [0.2, 0.25) is 0 Å². The van der Waals surface area contributed by atoms with Gasteiger partial charge in [0.2, 0.25) is 0 Å². The van der Waals surface area contributed by atoms with Crippen LogP contribution in [-0.4, -0.2) is 77.9 Å². The number of aromatic nitrogens is 2. The zero-order chi connectivity index (χ0) is 25.8. The van der Waals surface area contributed by atoms with Gasteiger partial charge < -0.3 is 29.9 Å². The van der Waals surface area contributed by atoms with Crippen molar-refractivity contribution >= 4 is 38.2 Å². The summed E-state index contributed by atoms with van der Waals surface area (Å²) in [6, 6.07) is 11.8. The number of fused-ring (bicyclic) bond motifs is 4. The predicted molar refractivity (Wildman–Crippen MR) is 153 cm³/mol. The van der Waals surface area contributed by atoms with Crippen molar-refractivity contribution in [3.05, 3.63) is 46.1 Å². The van der Waals surface area contributed by atoms with E-state index >= 15 is 0 Å². The first kappa shape index (κ1) is 24.4. The molecule has 9 heteroatoms. The van der Waals surface area contributed by atoms with Crippen LogP contribution in [-0.2, 0) is 13.0 Å². The van der Waals surface area contributed by atoms with Crippen molar-refractivity contribution in [1.29, 1.82) is 0 Å². The van der Waals surface area contributed by atoms with Crippen molar-refractivity contribution in [2.45, 2.75) is 56.8 Å². The molecule has 1 aromatic heterocycles. The topological polar surface area (TPSA) is 77.0 Å². The third-order valence-electron chi connectivity index (χ3n) is 8.85. The molecule has 2 bridgehead atoms. The number of hydrogen-bond acceptors (Lipinski definition) is 8. The Kier molecular flexibility index (Phi) is 6.33. The minimum Gasteiger partial charge on any atom is -0.508 e. The Morgan fingerprint density at radius 3 is 2.71 bits per heavy atom. The third kappa shape index (κ3) is 4.48. The summed E-state index contributed by atoms with van der Waals surface area (Å²) in [5.74, 6) is 1.34. The number of likely N-dealkylation sites (tertiary alicyclic amines) is 1. The van der Waals surface area contributed by atoms with Crippen LogP contribution in [0, 0.1) is 0 Å². The van der Waals surface area contributed by atoms with Crippen molar-refractivity contribution in [1.82, 2.24) is 20.2 Å². The van der Waals surface area contributed by atoms with E-state index in [1.54, 1.807) is 0 Å². The molecule has 3 atom stereocenters. The van der Waals surface area contributed by atoms with Crippen LogP contribution in [0.5, 0.6) is 11.8 Å². The molecule has 0 radical (unpaired) electrons. The van der Waals surface area contributed by atoms with Crippen molar-refractivity contribution in [2.75, 3.05) is 49.6 Å². The number of likely N-dealkylation sites (N-methyl/N-ethyl adjacent to an activating group) is 1. The number of hydrogen-bond donors (Lipinski definition) is 2. The summed E-state index contributed by atoms with van der Waals surface area (Å²) >= 11 is 3.75. The van der Waals surface area contributed by atoms with Crippen LogP contribution in [0.15, 0.2) is 34.8 Å². The molecule has 0 aliphatic carbocycles. The average Bonchev–Trinajstić information content (AvgIpc) is 3.49. The number of phenols is 1. The molecule has 5 heterocycles. The molecule has 2 N–H and O–H groups in total. The van der Waals surface area contributed by atoms with Gasteiger partial charge in [0.1, 0.15) is 18.2 Å². The fourth-order valence-corrected chi connectivity index (χ4v) is 7.43. The van der Waals surface area contributed by atoms with E-state index in [4.69, 9.17) is 14.7 Å². The fourth-order valence-electron chi connectivity index (χ4n) is 6.84.